The summed E-state index contributed by atoms with van der Waals surface area (Å²) in [4.78, 5) is 13.5. The van der Waals surface area contributed by atoms with Gasteiger partial charge in [-0.3, -0.25) is 0 Å². The zero-order valence-corrected chi connectivity index (χ0v) is 14.1. The molecule has 0 aliphatic carbocycles. The first-order valence-electron chi connectivity index (χ1n) is 7.88. The Hall–Kier alpha value is -1.75. The van der Waals surface area contributed by atoms with Gasteiger partial charge in [0.25, 0.3) is 0 Å². The van der Waals surface area contributed by atoms with Crippen LogP contribution < -0.4 is 0 Å². The number of carboxylic acid groups (broad SMARTS) is 1. The van der Waals surface area contributed by atoms with Crippen LogP contribution in [0.3, 0.4) is 0 Å². The molecule has 0 radical (unpaired) electrons. The Labute approximate surface area is 140 Å². The summed E-state index contributed by atoms with van der Waals surface area (Å²) in [6.07, 6.45) is 6.39. The Morgan fingerprint density at radius 1 is 1.35 bits per heavy atom. The van der Waals surface area contributed by atoms with Crippen molar-refractivity contribution in [2.24, 2.45) is 0 Å². The molecule has 1 aromatic carbocycles. The van der Waals surface area contributed by atoms with E-state index in [0.29, 0.717) is 5.57 Å². The number of halogens is 1. The quantitative estimate of drug-likeness (QED) is 0.727. The van der Waals surface area contributed by atoms with Crippen LogP contribution in [0.1, 0.15) is 25.3 Å². The largest absolute Gasteiger partial charge is 0.478 e. The number of benzene rings is 1. The molecular weight excluding hydrogens is 313 g/mol. The Bertz CT molecular complexity index is 596. The summed E-state index contributed by atoms with van der Waals surface area (Å²) in [5.74, 6) is -0.246. The number of rotatable bonds is 8. The van der Waals surface area contributed by atoms with Gasteiger partial charge in [-0.2, -0.15) is 0 Å². The summed E-state index contributed by atoms with van der Waals surface area (Å²) in [5.41, 5.74) is 1.49. The van der Waals surface area contributed by atoms with E-state index in [9.17, 15) is 14.3 Å². The fraction of sp³-hybridized carbons (Fsp3) is 0.389. The molecule has 5 heteroatoms. The molecule has 0 aromatic heterocycles. The number of carboxylic acids is 1. The molecule has 0 bridgehead atoms. The fourth-order valence-electron chi connectivity index (χ4n) is 2.51. The van der Waals surface area contributed by atoms with Gasteiger partial charge in [-0.15, -0.1) is 11.8 Å². The standard InChI is InChI=1S/C18H22FNO2S/c1-2-11-20-12-3-6-16(18(21)22)17(20)23-13-4-5-14-7-9-15(19)10-8-14/h3,6-10H,2,4-5,11-13H2,1H3,(H,21,22). The Balaban J connectivity index is 1.93. The molecule has 0 amide bonds. The molecule has 1 aliphatic rings. The van der Waals surface area contributed by atoms with Gasteiger partial charge in [-0.25, -0.2) is 9.18 Å². The van der Waals surface area contributed by atoms with Crippen molar-refractivity contribution in [1.29, 1.82) is 0 Å². The van der Waals surface area contributed by atoms with E-state index >= 15 is 0 Å². The summed E-state index contributed by atoms with van der Waals surface area (Å²) in [6.45, 7) is 3.72. The van der Waals surface area contributed by atoms with Crippen molar-refractivity contribution in [3.05, 3.63) is 58.4 Å². The molecule has 0 atom stereocenters. The molecule has 0 saturated carbocycles. The van der Waals surface area contributed by atoms with Crippen LogP contribution in [0.5, 0.6) is 0 Å². The van der Waals surface area contributed by atoms with Gasteiger partial charge in [0, 0.05) is 13.1 Å². The Morgan fingerprint density at radius 2 is 2.09 bits per heavy atom. The summed E-state index contributed by atoms with van der Waals surface area (Å²) in [5, 5.41) is 10.2. The third kappa shape index (κ3) is 5.13. The lowest BCUT2D eigenvalue weighted by Crippen LogP contribution is -2.28. The molecule has 124 valence electrons. The minimum absolute atomic E-state index is 0.219. The van der Waals surface area contributed by atoms with Crippen LogP contribution in [0.15, 0.2) is 47.0 Å². The van der Waals surface area contributed by atoms with E-state index < -0.39 is 5.97 Å². The van der Waals surface area contributed by atoms with E-state index in [1.165, 1.54) is 12.1 Å². The highest BCUT2D eigenvalue weighted by molar-refractivity contribution is 8.03. The zero-order chi connectivity index (χ0) is 16.7. The number of aryl methyl sites for hydroxylation is 1. The van der Waals surface area contributed by atoms with Gasteiger partial charge in [0.05, 0.1) is 10.6 Å². The van der Waals surface area contributed by atoms with Crippen LogP contribution in [-0.2, 0) is 11.2 Å². The monoisotopic (exact) mass is 335 g/mol. The van der Waals surface area contributed by atoms with Crippen LogP contribution in [0.2, 0.25) is 0 Å². The van der Waals surface area contributed by atoms with E-state index in [4.69, 9.17) is 0 Å². The number of carbonyl (C=O) groups is 1. The molecular formula is C18H22FNO2S. The molecule has 2 rings (SSSR count). The second-order valence-electron chi connectivity index (χ2n) is 5.45. The zero-order valence-electron chi connectivity index (χ0n) is 13.3. The number of hydrogen-bond acceptors (Lipinski definition) is 3. The van der Waals surface area contributed by atoms with Crippen molar-refractivity contribution < 1.29 is 14.3 Å². The number of hydrogen-bond donors (Lipinski definition) is 1. The lowest BCUT2D eigenvalue weighted by molar-refractivity contribution is -0.132. The first kappa shape index (κ1) is 17.6. The predicted molar refractivity (Wildman–Crippen MR) is 92.8 cm³/mol. The van der Waals surface area contributed by atoms with Gasteiger partial charge in [0.15, 0.2) is 0 Å². The molecule has 1 N–H and O–H groups in total. The van der Waals surface area contributed by atoms with E-state index in [2.05, 4.69) is 11.8 Å². The molecule has 0 unspecified atom stereocenters. The topological polar surface area (TPSA) is 40.5 Å². The summed E-state index contributed by atoms with van der Waals surface area (Å²) >= 11 is 1.60. The molecule has 0 saturated heterocycles. The highest BCUT2D eigenvalue weighted by Crippen LogP contribution is 2.29. The lowest BCUT2D eigenvalue weighted by Gasteiger charge is -2.29. The van der Waals surface area contributed by atoms with E-state index in [-0.39, 0.29) is 5.82 Å². The van der Waals surface area contributed by atoms with Gasteiger partial charge >= 0.3 is 5.97 Å². The van der Waals surface area contributed by atoms with E-state index in [0.717, 1.165) is 48.7 Å². The first-order valence-corrected chi connectivity index (χ1v) is 8.86. The van der Waals surface area contributed by atoms with Crippen molar-refractivity contribution in [1.82, 2.24) is 4.90 Å². The minimum atomic E-state index is -0.872. The maximum absolute atomic E-state index is 12.9. The molecule has 1 heterocycles. The second kappa shape index (κ2) is 8.77. The maximum Gasteiger partial charge on any atom is 0.338 e. The van der Waals surface area contributed by atoms with Gasteiger partial charge in [-0.1, -0.05) is 25.1 Å². The highest BCUT2D eigenvalue weighted by atomic mass is 32.2. The smallest absolute Gasteiger partial charge is 0.338 e. The highest BCUT2D eigenvalue weighted by Gasteiger charge is 2.20. The van der Waals surface area contributed by atoms with Crippen LogP contribution in [0, 0.1) is 5.82 Å². The molecule has 0 fully saturated rings. The van der Waals surface area contributed by atoms with E-state index in [1.807, 2.05) is 6.08 Å². The minimum Gasteiger partial charge on any atom is -0.478 e. The summed E-state index contributed by atoms with van der Waals surface area (Å²) in [6, 6.07) is 6.55. The van der Waals surface area contributed by atoms with Crippen LogP contribution >= 0.6 is 11.8 Å². The van der Waals surface area contributed by atoms with Crippen LogP contribution in [-0.4, -0.2) is 34.8 Å². The normalized spacial score (nSPS) is 14.4. The SMILES string of the molecule is CCCN1CC=CC(C(=O)O)=C1SCCCc1ccc(F)cc1. The number of nitrogens with zero attached hydrogens (tertiary/aromatic N) is 1. The number of aliphatic carboxylic acids is 1. The van der Waals surface area contributed by atoms with Gasteiger partial charge in [0.1, 0.15) is 5.82 Å². The Morgan fingerprint density at radius 3 is 2.74 bits per heavy atom. The molecule has 1 aromatic rings. The number of thioether (sulfide) groups is 1. The van der Waals surface area contributed by atoms with Crippen molar-refractivity contribution in [2.45, 2.75) is 26.2 Å². The van der Waals surface area contributed by atoms with Crippen molar-refractivity contribution in [3.63, 3.8) is 0 Å². The van der Waals surface area contributed by atoms with Gasteiger partial charge in [0.2, 0.25) is 0 Å². The lowest BCUT2D eigenvalue weighted by atomic mass is 10.1. The van der Waals surface area contributed by atoms with Crippen molar-refractivity contribution >= 4 is 17.7 Å². The predicted octanol–water partition coefficient (Wildman–Crippen LogP) is 4.07. The molecule has 0 spiro atoms. The second-order valence-corrected chi connectivity index (χ2v) is 6.53. The third-order valence-corrected chi connectivity index (χ3v) is 4.86. The molecule has 3 nitrogen and oxygen atoms in total. The summed E-state index contributed by atoms with van der Waals surface area (Å²) < 4.78 is 12.9. The summed E-state index contributed by atoms with van der Waals surface area (Å²) in [7, 11) is 0. The average Bonchev–Trinajstić information content (AvgIpc) is 2.54. The maximum atomic E-state index is 12.9. The van der Waals surface area contributed by atoms with Crippen LogP contribution in [0.4, 0.5) is 4.39 Å². The molecule has 1 aliphatic heterocycles. The van der Waals surface area contributed by atoms with Crippen molar-refractivity contribution in [2.75, 3.05) is 18.8 Å². The first-order chi connectivity index (χ1) is 11.1. The Kier molecular flexibility index (Phi) is 6.71. The van der Waals surface area contributed by atoms with Gasteiger partial charge in [-0.05, 0) is 48.8 Å². The molecule has 23 heavy (non-hydrogen) atoms. The fourth-order valence-corrected chi connectivity index (χ4v) is 3.65. The van der Waals surface area contributed by atoms with Crippen LogP contribution in [0.25, 0.3) is 0 Å². The van der Waals surface area contributed by atoms with Crippen molar-refractivity contribution in [3.8, 4) is 0 Å². The van der Waals surface area contributed by atoms with E-state index in [1.54, 1.807) is 30.0 Å². The third-order valence-electron chi connectivity index (χ3n) is 3.61. The van der Waals surface area contributed by atoms with Gasteiger partial charge < -0.3 is 10.0 Å². The average molecular weight is 335 g/mol.